The number of benzene rings is 5. The van der Waals surface area contributed by atoms with E-state index in [-0.39, 0.29) is 191 Å². The third-order valence-corrected chi connectivity index (χ3v) is 20.7. The van der Waals surface area contributed by atoms with Gasteiger partial charge in [0.1, 0.15) is 50.5 Å². The number of carboxylic acids is 1. The van der Waals surface area contributed by atoms with Crippen molar-refractivity contribution in [2.75, 3.05) is 65.0 Å². The smallest absolute Gasteiger partial charge is 0.870 e. The maximum absolute atomic E-state index is 13.7. The van der Waals surface area contributed by atoms with Gasteiger partial charge in [0.25, 0.3) is 11.8 Å². The van der Waals surface area contributed by atoms with Crippen LogP contribution in [0.3, 0.4) is 0 Å². The van der Waals surface area contributed by atoms with Crippen molar-refractivity contribution in [3.8, 4) is 0 Å². The fraction of sp³-hybridized carbons (Fsp3) is 0.500. The number of nitrogens with one attached hydrogen (secondary N) is 7. The van der Waals surface area contributed by atoms with Crippen LogP contribution in [0.15, 0.2) is 152 Å². The number of aliphatic hydroxyl groups is 1. The molecule has 0 bridgehead atoms. The number of nitrogens with zero attached hydrogens (tertiary/aromatic N) is 1. The second-order valence-corrected chi connectivity index (χ2v) is 32.3. The Hall–Kier alpha value is -10.6. The molecule has 0 saturated carbocycles. The van der Waals surface area contributed by atoms with Gasteiger partial charge in [-0.2, -0.15) is 28.6 Å². The van der Waals surface area contributed by atoms with Crippen molar-refractivity contribution >= 4 is 132 Å². The maximum Gasteiger partial charge on any atom is 1.00 e. The molecule has 131 heavy (non-hydrogen) atoms. The number of ketones is 2. The second-order valence-electron chi connectivity index (χ2n) is 30.3. The first-order chi connectivity index (χ1) is 61.0. The molecule has 6 rings (SSSR count). The van der Waals surface area contributed by atoms with Gasteiger partial charge in [-0.1, -0.05) is 179 Å². The molecular formula is C92H133ClLiN9O26S2. The SMILES string of the molecule is CO.COC(=O)[C@H](CCCN)NC(=O)OCc1ccccc1.COC(=O)[C@H](CCCNC(=O)[C@@H](CC(=O)[C@H](CC(C)C)NC(=O)[C@@H](CC=O)CCSC)Cc1ccccc1)NC(=O)OCc1ccccc1.CSCC[C@H](CC=O)C(=O)N[C@@H](CC(C)C)C(=O)C[C@@H](Cc1ccccc1)C(=O)NCCC[C@H](NC(=O)OCc1ccccc1)C(=O)O.Cl.O.O=C1CCC(=O)N1O.[Li+].[OH-]. The van der Waals surface area contributed by atoms with Crippen molar-refractivity contribution in [1.29, 1.82) is 0 Å². The van der Waals surface area contributed by atoms with Gasteiger partial charge in [0.2, 0.25) is 23.6 Å². The van der Waals surface area contributed by atoms with Crippen molar-refractivity contribution < 1.29 is 146 Å². The summed E-state index contributed by atoms with van der Waals surface area (Å²) in [4.78, 5) is 195. The summed E-state index contributed by atoms with van der Waals surface area (Å²) in [6.45, 7) is 8.73. The van der Waals surface area contributed by atoms with Gasteiger partial charge in [0, 0.05) is 82.4 Å². The van der Waals surface area contributed by atoms with E-state index in [1.165, 1.54) is 14.2 Å². The second kappa shape index (κ2) is 75.0. The number of rotatable bonds is 53. The van der Waals surface area contributed by atoms with E-state index in [0.717, 1.165) is 47.5 Å². The molecule has 1 heterocycles. The number of thioether (sulfide) groups is 2. The molecule has 35 nitrogen and oxygen atoms in total. The molecular weight excluding hydrogens is 1750 g/mol. The zero-order valence-corrected chi connectivity index (χ0v) is 78.9. The van der Waals surface area contributed by atoms with Gasteiger partial charge >= 0.3 is 55.0 Å². The van der Waals surface area contributed by atoms with Gasteiger partial charge in [-0.25, -0.2) is 28.8 Å². The molecule has 15 N–H and O–H groups in total. The molecule has 1 fully saturated rings. The Morgan fingerprint density at radius 1 is 0.450 bits per heavy atom. The van der Waals surface area contributed by atoms with E-state index in [9.17, 15) is 81.8 Å². The number of esters is 2. The minimum atomic E-state index is -1.23. The van der Waals surface area contributed by atoms with Crippen LogP contribution in [0.2, 0.25) is 0 Å². The van der Waals surface area contributed by atoms with Gasteiger partial charge in [-0.05, 0) is 147 Å². The molecule has 0 aromatic heterocycles. The van der Waals surface area contributed by atoms with Crippen LogP contribution in [0.4, 0.5) is 14.4 Å². The fourth-order valence-electron chi connectivity index (χ4n) is 12.6. The summed E-state index contributed by atoms with van der Waals surface area (Å²) in [5.74, 6) is -6.21. The number of nitrogens with two attached hydrogens (primary N) is 1. The number of alkyl carbamates (subject to hydrolysis) is 3. The average molecular weight is 1890 g/mol. The summed E-state index contributed by atoms with van der Waals surface area (Å²) >= 11 is 3.16. The van der Waals surface area contributed by atoms with Gasteiger partial charge in [-0.3, -0.25) is 43.6 Å². The largest absolute Gasteiger partial charge is 1.00 e. The number of halogens is 1. The minimum Gasteiger partial charge on any atom is -0.870 e. The number of hydrogen-bond donors (Lipinski definition) is 11. The Morgan fingerprint density at radius 3 is 1.02 bits per heavy atom. The van der Waals surface area contributed by atoms with E-state index in [1.807, 2.05) is 168 Å². The van der Waals surface area contributed by atoms with Crippen molar-refractivity contribution in [2.45, 2.75) is 193 Å². The van der Waals surface area contributed by atoms with E-state index in [0.29, 0.717) is 69.4 Å². The van der Waals surface area contributed by atoms with E-state index in [1.54, 1.807) is 47.8 Å². The number of aliphatic hydroxyl groups excluding tert-OH is 1. The van der Waals surface area contributed by atoms with Crippen molar-refractivity contribution in [2.24, 2.45) is 41.2 Å². The monoisotopic (exact) mass is 1890 g/mol. The maximum atomic E-state index is 13.7. The van der Waals surface area contributed by atoms with Crippen LogP contribution in [0.25, 0.3) is 0 Å². The topological polar surface area (TPSA) is 555 Å². The van der Waals surface area contributed by atoms with Crippen LogP contribution >= 0.6 is 35.9 Å². The summed E-state index contributed by atoms with van der Waals surface area (Å²) in [6.07, 6.45) is 7.49. The van der Waals surface area contributed by atoms with Crippen molar-refractivity contribution in [1.82, 2.24) is 42.3 Å². The summed E-state index contributed by atoms with van der Waals surface area (Å²) in [7, 11) is 3.50. The van der Waals surface area contributed by atoms with Gasteiger partial charge in [-0.15, -0.1) is 12.4 Å². The molecule has 39 heteroatoms. The molecule has 1 aliphatic rings. The number of hydroxylamine groups is 2. The van der Waals surface area contributed by atoms with Crippen LogP contribution in [0.1, 0.15) is 158 Å². The Bertz CT molecular complexity index is 4110. The third-order valence-electron chi connectivity index (χ3n) is 19.4. The summed E-state index contributed by atoms with van der Waals surface area (Å²) in [5.41, 5.74) is 9.56. The first-order valence-corrected chi connectivity index (χ1v) is 44.9. The number of aliphatic carboxylic acids is 1. The van der Waals surface area contributed by atoms with E-state index in [4.69, 9.17) is 35.0 Å². The van der Waals surface area contributed by atoms with Gasteiger partial charge in [0.05, 0.1) is 26.3 Å². The van der Waals surface area contributed by atoms with Crippen LogP contribution in [-0.2, 0) is 119 Å². The molecule has 9 amide bonds. The minimum absolute atomic E-state index is 0. The van der Waals surface area contributed by atoms with Crippen LogP contribution in [0.5, 0.6) is 0 Å². The molecule has 0 aliphatic carbocycles. The molecule has 1 saturated heterocycles. The number of Topliss-reactive ketones (excluding diaryl/α,β-unsaturated/α-hetero) is 2. The van der Waals surface area contributed by atoms with Gasteiger partial charge in [0.15, 0.2) is 11.6 Å². The molecule has 1 aliphatic heterocycles. The molecule has 5 aromatic carbocycles. The number of aldehydes is 2. The van der Waals surface area contributed by atoms with Crippen molar-refractivity contribution in [3.63, 3.8) is 0 Å². The average Bonchev–Trinajstić information content (AvgIpc) is 1.44. The van der Waals surface area contributed by atoms with Crippen molar-refractivity contribution in [3.05, 3.63) is 179 Å². The molecule has 5 aromatic rings. The molecule has 0 spiro atoms. The molecule has 722 valence electrons. The standard InChI is InChI=1S/C37H51N3O8S.C36H49N3O8S.C14H20N2O4.C4H5NO3.CH4O.ClH.Li.2H2O/c1-26(2)22-32(39-35(44)29(17-20-41)18-21-49-4)33(42)24-30(23-27-12-7-5-8-13-27)34(43)38-19-11-16-31(36(45)47-3)40-37(46)48-25-28-14-9-6-10-15-28;1-25(2)21-31(38-34(43)28(16-19-40)17-20-48-3)32(41)23-29(22-26-11-6-4-7-12-26)33(42)37-18-10-15-30(35(44)45)39-36(46)47-24-27-13-8-5-9-14-27;1-19-13(17)12(8-5-9-15)16-14(18)20-10-11-6-3-2-4-7-11;6-3-1-2-4(7)5(3)8;1-2;;;;/h5-10,12-15,20,26,29-32H,11,16-19,21-25H2,1-4H3,(H,38,43)(H,39,44)(H,40,46);4-9,11-14,19,25,28-31H,10,15-18,20-24H2,1-3H3,(H,37,42)(H,38,43)(H,39,46)(H,44,45);2-4,6-7,12H,5,8-10,15H2,1H3,(H,16,18);8H,1-2H2;2H,1H3;1H;;2*1H2/q;;;;;;+1;;/p-1/t29-,30+,31-,32-;28-,29+,30-,31-;12-;;;;;;/m000....../s1. The third kappa shape index (κ3) is 54.7. The fourth-order valence-corrected chi connectivity index (χ4v) is 13.6. The predicted octanol–water partition coefficient (Wildman–Crippen LogP) is 5.98. The van der Waals surface area contributed by atoms with E-state index in [2.05, 4.69) is 42.0 Å². The van der Waals surface area contributed by atoms with Gasteiger partial charge < -0.3 is 97.4 Å². The number of ether oxygens (including phenoxy) is 5. The number of methoxy groups -OCH3 is 2. The number of hydrogen-bond acceptors (Lipinski definition) is 27. The summed E-state index contributed by atoms with van der Waals surface area (Å²) in [6, 6.07) is 41.5. The molecule has 9 atom stereocenters. The van der Waals surface area contributed by atoms with Crippen LogP contribution in [0, 0.1) is 35.5 Å². The first kappa shape index (κ1) is 125. The van der Waals surface area contributed by atoms with Crippen LogP contribution < -0.4 is 61.8 Å². The zero-order valence-electron chi connectivity index (χ0n) is 76.4. The summed E-state index contributed by atoms with van der Waals surface area (Å²) < 4.78 is 24.9. The quantitative estimate of drug-likeness (QED) is 0.00405. The molecule has 0 unspecified atom stereocenters. The number of carbonyl (C=O) groups is 16. The number of carbonyl (C=O) groups excluding carboxylic acids is 15. The Labute approximate surface area is 793 Å². The molecule has 0 radical (unpaired) electrons. The predicted molar refractivity (Wildman–Crippen MR) is 493 cm³/mol. The Morgan fingerprint density at radius 2 is 0.748 bits per heavy atom. The Kier molecular flexibility index (Phi) is 71.3. The number of carboxylic acid groups (broad SMARTS) is 1. The normalized spacial score (nSPS) is 12.9. The number of imide groups is 1. The first-order valence-electron chi connectivity index (χ1n) is 42.1. The van der Waals surface area contributed by atoms with E-state index >= 15 is 0 Å². The summed E-state index contributed by atoms with van der Waals surface area (Å²) in [5, 5.41) is 44.0. The Balaban J connectivity index is -0.00000186. The zero-order chi connectivity index (χ0) is 94.3. The number of amides is 9. The van der Waals surface area contributed by atoms with Crippen LogP contribution in [-0.4, -0.2) is 222 Å². The van der Waals surface area contributed by atoms with E-state index < -0.39 is 102 Å².